The van der Waals surface area contributed by atoms with Crippen LogP contribution in [0.25, 0.3) is 0 Å². The predicted molar refractivity (Wildman–Crippen MR) is 96.8 cm³/mol. The highest BCUT2D eigenvalue weighted by Gasteiger charge is 2.12. The maximum Gasteiger partial charge on any atom is 0.322 e. The standard InChI is InChI=1S/C17H17N3O2S2/c1-11(2)24-13-7-5-12(6-8-13)10-15-19-20-17(22-15)18-16(21)14-4-3-9-23-14/h3-9,11H,10H2,1-2H3,(H,18,20,21). The summed E-state index contributed by atoms with van der Waals surface area (Å²) in [7, 11) is 0. The van der Waals surface area contributed by atoms with Gasteiger partial charge in [-0.1, -0.05) is 37.1 Å². The summed E-state index contributed by atoms with van der Waals surface area (Å²) >= 11 is 3.19. The number of hydrogen-bond donors (Lipinski definition) is 1. The zero-order valence-electron chi connectivity index (χ0n) is 13.4. The molecule has 3 rings (SSSR count). The monoisotopic (exact) mass is 359 g/mol. The maximum atomic E-state index is 11.9. The molecule has 0 saturated carbocycles. The topological polar surface area (TPSA) is 68.0 Å². The lowest BCUT2D eigenvalue weighted by Gasteiger charge is -2.05. The minimum atomic E-state index is -0.240. The Morgan fingerprint density at radius 1 is 1.25 bits per heavy atom. The molecule has 5 nitrogen and oxygen atoms in total. The minimum Gasteiger partial charge on any atom is -0.407 e. The van der Waals surface area contributed by atoms with Gasteiger partial charge in [0, 0.05) is 10.1 Å². The number of anilines is 1. The zero-order chi connectivity index (χ0) is 16.9. The molecule has 0 atom stereocenters. The summed E-state index contributed by atoms with van der Waals surface area (Å²) in [5.74, 6) is 0.232. The molecular weight excluding hydrogens is 342 g/mol. The lowest BCUT2D eigenvalue weighted by atomic mass is 10.1. The molecule has 1 N–H and O–H groups in total. The number of hydrogen-bond acceptors (Lipinski definition) is 6. The van der Waals surface area contributed by atoms with E-state index < -0.39 is 0 Å². The Bertz CT molecular complexity index is 796. The number of thiophene rings is 1. The Labute approximate surface area is 148 Å². The van der Waals surface area contributed by atoms with Crippen molar-refractivity contribution in [2.45, 2.75) is 30.4 Å². The van der Waals surface area contributed by atoms with Crippen molar-refractivity contribution in [3.8, 4) is 0 Å². The van der Waals surface area contributed by atoms with Crippen molar-refractivity contribution < 1.29 is 9.21 Å². The summed E-state index contributed by atoms with van der Waals surface area (Å²) in [5.41, 5.74) is 1.09. The summed E-state index contributed by atoms with van der Waals surface area (Å²) < 4.78 is 5.50. The van der Waals surface area contributed by atoms with Crippen LogP contribution >= 0.6 is 23.1 Å². The fourth-order valence-electron chi connectivity index (χ4n) is 2.07. The van der Waals surface area contributed by atoms with E-state index in [0.29, 0.717) is 22.4 Å². The number of nitrogens with one attached hydrogen (secondary N) is 1. The third-order valence-electron chi connectivity index (χ3n) is 3.08. The van der Waals surface area contributed by atoms with Crippen LogP contribution in [0, 0.1) is 0 Å². The van der Waals surface area contributed by atoms with Crippen LogP contribution < -0.4 is 5.32 Å². The molecule has 2 heterocycles. The zero-order valence-corrected chi connectivity index (χ0v) is 15.0. The average Bonchev–Trinajstić information content (AvgIpc) is 3.21. The van der Waals surface area contributed by atoms with Gasteiger partial charge in [-0.15, -0.1) is 28.2 Å². The Morgan fingerprint density at radius 2 is 2.04 bits per heavy atom. The molecule has 0 bridgehead atoms. The van der Waals surface area contributed by atoms with Gasteiger partial charge in [0.15, 0.2) is 0 Å². The molecule has 1 aromatic carbocycles. The number of thioether (sulfide) groups is 1. The van der Waals surface area contributed by atoms with Crippen LogP contribution in [-0.2, 0) is 6.42 Å². The number of benzene rings is 1. The number of aromatic nitrogens is 2. The maximum absolute atomic E-state index is 11.9. The van der Waals surface area contributed by atoms with Crippen LogP contribution in [0.15, 0.2) is 51.1 Å². The van der Waals surface area contributed by atoms with Gasteiger partial charge >= 0.3 is 6.01 Å². The van der Waals surface area contributed by atoms with Gasteiger partial charge in [-0.2, -0.15) is 0 Å². The predicted octanol–water partition coefficient (Wildman–Crippen LogP) is 4.47. The summed E-state index contributed by atoms with van der Waals surface area (Å²) in [4.78, 5) is 13.8. The molecule has 2 aromatic heterocycles. The van der Waals surface area contributed by atoms with E-state index in [-0.39, 0.29) is 11.9 Å². The molecule has 3 aromatic rings. The van der Waals surface area contributed by atoms with Crippen molar-refractivity contribution in [3.63, 3.8) is 0 Å². The highest BCUT2D eigenvalue weighted by Crippen LogP contribution is 2.23. The lowest BCUT2D eigenvalue weighted by molar-refractivity contribution is 0.102. The van der Waals surface area contributed by atoms with E-state index in [9.17, 15) is 4.79 Å². The molecule has 0 fully saturated rings. The molecule has 124 valence electrons. The van der Waals surface area contributed by atoms with Crippen molar-refractivity contribution in [1.29, 1.82) is 0 Å². The van der Waals surface area contributed by atoms with Crippen LogP contribution in [0.5, 0.6) is 0 Å². The normalized spacial score (nSPS) is 11.0. The fraction of sp³-hybridized carbons (Fsp3) is 0.235. The summed E-state index contributed by atoms with van der Waals surface area (Å²) in [6.07, 6.45) is 0.536. The van der Waals surface area contributed by atoms with E-state index in [1.165, 1.54) is 16.2 Å². The molecule has 0 spiro atoms. The van der Waals surface area contributed by atoms with Gasteiger partial charge in [0.25, 0.3) is 5.91 Å². The highest BCUT2D eigenvalue weighted by atomic mass is 32.2. The summed E-state index contributed by atoms with van der Waals surface area (Å²) in [5, 5.41) is 12.9. The molecule has 0 unspecified atom stereocenters. The second-order valence-electron chi connectivity index (χ2n) is 5.42. The van der Waals surface area contributed by atoms with Crippen LogP contribution in [0.3, 0.4) is 0 Å². The fourth-order valence-corrected chi connectivity index (χ4v) is 3.53. The number of carbonyl (C=O) groups excluding carboxylic acids is 1. The molecule has 0 saturated heterocycles. The largest absolute Gasteiger partial charge is 0.407 e. The molecule has 0 aliphatic carbocycles. The van der Waals surface area contributed by atoms with E-state index in [1.807, 2.05) is 23.2 Å². The van der Waals surface area contributed by atoms with E-state index in [2.05, 4.69) is 53.6 Å². The number of nitrogens with zero attached hydrogens (tertiary/aromatic N) is 2. The summed E-state index contributed by atoms with van der Waals surface area (Å²) in [6, 6.07) is 12.0. The Hall–Kier alpha value is -2.12. The minimum absolute atomic E-state index is 0.121. The van der Waals surface area contributed by atoms with Gasteiger partial charge < -0.3 is 4.42 Å². The Kier molecular flexibility index (Phi) is 5.32. The van der Waals surface area contributed by atoms with Crippen LogP contribution in [0.4, 0.5) is 6.01 Å². The molecule has 0 aliphatic rings. The molecular formula is C17H17N3O2S2. The van der Waals surface area contributed by atoms with Crippen LogP contribution in [0.2, 0.25) is 0 Å². The molecule has 24 heavy (non-hydrogen) atoms. The third kappa shape index (κ3) is 4.46. The first-order chi connectivity index (χ1) is 11.6. The van der Waals surface area contributed by atoms with Crippen molar-refractivity contribution in [2.24, 2.45) is 0 Å². The Balaban J connectivity index is 1.60. The number of amides is 1. The van der Waals surface area contributed by atoms with E-state index >= 15 is 0 Å². The van der Waals surface area contributed by atoms with Crippen molar-refractivity contribution in [3.05, 3.63) is 58.1 Å². The third-order valence-corrected chi connectivity index (χ3v) is 4.97. The smallest absolute Gasteiger partial charge is 0.322 e. The second kappa shape index (κ2) is 7.63. The van der Waals surface area contributed by atoms with Gasteiger partial charge in [-0.25, -0.2) is 0 Å². The average molecular weight is 359 g/mol. The van der Waals surface area contributed by atoms with Gasteiger partial charge in [-0.05, 0) is 29.1 Å². The van der Waals surface area contributed by atoms with Gasteiger partial charge in [-0.3, -0.25) is 10.1 Å². The molecule has 7 heteroatoms. The quantitative estimate of drug-likeness (QED) is 0.658. The highest BCUT2D eigenvalue weighted by molar-refractivity contribution is 7.99. The van der Waals surface area contributed by atoms with Crippen LogP contribution in [-0.4, -0.2) is 21.4 Å². The number of rotatable bonds is 6. The molecule has 0 aliphatic heterocycles. The van der Waals surface area contributed by atoms with Gasteiger partial charge in [0.05, 0.1) is 11.3 Å². The van der Waals surface area contributed by atoms with Crippen molar-refractivity contribution >= 4 is 35.0 Å². The second-order valence-corrected chi connectivity index (χ2v) is 8.02. The Morgan fingerprint density at radius 3 is 2.71 bits per heavy atom. The van der Waals surface area contributed by atoms with Gasteiger partial charge in [0.1, 0.15) is 0 Å². The van der Waals surface area contributed by atoms with Gasteiger partial charge in [0.2, 0.25) is 5.89 Å². The van der Waals surface area contributed by atoms with Crippen molar-refractivity contribution in [1.82, 2.24) is 10.2 Å². The first-order valence-corrected chi connectivity index (χ1v) is 9.29. The first-order valence-electron chi connectivity index (χ1n) is 7.53. The number of carbonyl (C=O) groups is 1. The summed E-state index contributed by atoms with van der Waals surface area (Å²) in [6.45, 7) is 4.34. The van der Waals surface area contributed by atoms with E-state index in [4.69, 9.17) is 4.42 Å². The van der Waals surface area contributed by atoms with E-state index in [0.717, 1.165) is 5.56 Å². The van der Waals surface area contributed by atoms with Crippen molar-refractivity contribution in [2.75, 3.05) is 5.32 Å². The lowest BCUT2D eigenvalue weighted by Crippen LogP contribution is -2.10. The first kappa shape index (κ1) is 16.7. The molecule has 0 radical (unpaired) electrons. The molecule has 1 amide bonds. The SMILES string of the molecule is CC(C)Sc1ccc(Cc2nnc(NC(=O)c3cccs3)o2)cc1. The van der Waals surface area contributed by atoms with E-state index in [1.54, 1.807) is 6.07 Å². The van der Waals surface area contributed by atoms with Crippen LogP contribution in [0.1, 0.15) is 35.0 Å².